The maximum absolute atomic E-state index is 13.6. The minimum absolute atomic E-state index is 0.235. The van der Waals surface area contributed by atoms with E-state index >= 15 is 0 Å². The molecule has 8 heteroatoms. The van der Waals surface area contributed by atoms with Crippen molar-refractivity contribution in [1.29, 1.82) is 0 Å². The van der Waals surface area contributed by atoms with E-state index in [-0.39, 0.29) is 12.2 Å². The highest BCUT2D eigenvalue weighted by Gasteiger charge is 2.33. The van der Waals surface area contributed by atoms with E-state index in [1.807, 2.05) is 36.4 Å². The van der Waals surface area contributed by atoms with E-state index in [9.17, 15) is 9.59 Å². The van der Waals surface area contributed by atoms with Gasteiger partial charge in [-0.25, -0.2) is 9.79 Å². The molecule has 33 heavy (non-hydrogen) atoms. The largest absolute Gasteiger partial charge is 0.497 e. The summed E-state index contributed by atoms with van der Waals surface area (Å²) in [6.07, 6.45) is 1.77. The van der Waals surface area contributed by atoms with Gasteiger partial charge in [0.1, 0.15) is 11.5 Å². The summed E-state index contributed by atoms with van der Waals surface area (Å²) in [4.78, 5) is 31.6. The van der Waals surface area contributed by atoms with Crippen LogP contribution in [0.15, 0.2) is 69.6 Å². The number of aromatic nitrogens is 1. The second-order valence-electron chi connectivity index (χ2n) is 7.32. The molecule has 0 N–H and O–H groups in total. The number of ether oxygens (including phenoxy) is 3. The van der Waals surface area contributed by atoms with Gasteiger partial charge in [0.25, 0.3) is 5.56 Å². The maximum atomic E-state index is 13.6. The summed E-state index contributed by atoms with van der Waals surface area (Å²) in [7, 11) is 3.15. The van der Waals surface area contributed by atoms with Gasteiger partial charge in [-0.15, -0.1) is 0 Å². The van der Waals surface area contributed by atoms with Gasteiger partial charge in [-0.3, -0.25) is 9.36 Å². The standard InChI is InChI=1S/C25H24N2O5S/c1-5-32-24(29)21-15(2)26-25-27(22(21)16-9-7-6-8-10-16)23(28)20(33-25)13-17-11-12-18(30-3)14-19(17)31-4/h6-14,22H,5H2,1-4H3/b20-13-. The van der Waals surface area contributed by atoms with Crippen LogP contribution in [0, 0.1) is 0 Å². The van der Waals surface area contributed by atoms with E-state index in [4.69, 9.17) is 14.2 Å². The Hall–Kier alpha value is -3.65. The Morgan fingerprint density at radius 2 is 1.91 bits per heavy atom. The third-order valence-corrected chi connectivity index (χ3v) is 6.34. The summed E-state index contributed by atoms with van der Waals surface area (Å²) < 4.78 is 18.1. The zero-order valence-electron chi connectivity index (χ0n) is 18.8. The lowest BCUT2D eigenvalue weighted by Gasteiger charge is -2.24. The molecule has 3 aromatic rings. The number of methoxy groups -OCH3 is 2. The van der Waals surface area contributed by atoms with Crippen molar-refractivity contribution in [2.75, 3.05) is 20.8 Å². The summed E-state index contributed by atoms with van der Waals surface area (Å²) in [5, 5.41) is 0. The SMILES string of the molecule is CCOC(=O)C1=C(C)N=c2s/c(=C\c3ccc(OC)cc3OC)c(=O)n2C1c1ccccc1. The number of hydrogen-bond acceptors (Lipinski definition) is 7. The summed E-state index contributed by atoms with van der Waals surface area (Å²) >= 11 is 1.27. The van der Waals surface area contributed by atoms with E-state index < -0.39 is 12.0 Å². The summed E-state index contributed by atoms with van der Waals surface area (Å²) in [5.41, 5.74) is 2.21. The average molecular weight is 465 g/mol. The average Bonchev–Trinajstić information content (AvgIpc) is 3.13. The lowest BCUT2D eigenvalue weighted by atomic mass is 9.96. The lowest BCUT2D eigenvalue weighted by Crippen LogP contribution is -2.39. The third kappa shape index (κ3) is 4.21. The molecular formula is C25H24N2O5S. The van der Waals surface area contributed by atoms with Crippen molar-refractivity contribution in [3.05, 3.63) is 90.6 Å². The van der Waals surface area contributed by atoms with Crippen LogP contribution in [-0.2, 0) is 9.53 Å². The van der Waals surface area contributed by atoms with Crippen molar-refractivity contribution in [2.45, 2.75) is 19.9 Å². The van der Waals surface area contributed by atoms with Gasteiger partial charge >= 0.3 is 5.97 Å². The molecule has 0 saturated carbocycles. The third-order valence-electron chi connectivity index (χ3n) is 5.36. The molecule has 1 aliphatic rings. The van der Waals surface area contributed by atoms with Gasteiger partial charge in [-0.05, 0) is 37.6 Å². The Bertz CT molecular complexity index is 1400. The number of esters is 1. The van der Waals surface area contributed by atoms with Gasteiger partial charge in [0.15, 0.2) is 4.80 Å². The molecule has 0 aliphatic carbocycles. The van der Waals surface area contributed by atoms with E-state index in [2.05, 4.69) is 4.99 Å². The molecule has 1 aromatic heterocycles. The van der Waals surface area contributed by atoms with Gasteiger partial charge in [0.2, 0.25) is 0 Å². The van der Waals surface area contributed by atoms with Crippen LogP contribution < -0.4 is 24.4 Å². The second kappa shape index (κ2) is 9.46. The maximum Gasteiger partial charge on any atom is 0.338 e. The van der Waals surface area contributed by atoms with Crippen LogP contribution in [0.3, 0.4) is 0 Å². The molecular weight excluding hydrogens is 440 g/mol. The fourth-order valence-electron chi connectivity index (χ4n) is 3.82. The molecule has 0 fully saturated rings. The summed E-state index contributed by atoms with van der Waals surface area (Å²) in [6, 6.07) is 14.2. The number of rotatable bonds is 6. The molecule has 0 radical (unpaired) electrons. The van der Waals surface area contributed by atoms with E-state index in [1.54, 1.807) is 50.8 Å². The topological polar surface area (TPSA) is 79.1 Å². The minimum Gasteiger partial charge on any atom is -0.497 e. The molecule has 7 nitrogen and oxygen atoms in total. The Balaban J connectivity index is 1.94. The van der Waals surface area contributed by atoms with Crippen LogP contribution in [0.2, 0.25) is 0 Å². The van der Waals surface area contributed by atoms with Crippen LogP contribution in [0.5, 0.6) is 11.5 Å². The van der Waals surface area contributed by atoms with E-state index in [1.165, 1.54) is 11.3 Å². The highest BCUT2D eigenvalue weighted by Crippen LogP contribution is 2.30. The van der Waals surface area contributed by atoms with Crippen LogP contribution in [0.1, 0.15) is 31.0 Å². The minimum atomic E-state index is -0.624. The van der Waals surface area contributed by atoms with Crippen molar-refractivity contribution in [1.82, 2.24) is 4.57 Å². The van der Waals surface area contributed by atoms with Gasteiger partial charge < -0.3 is 14.2 Å². The normalized spacial score (nSPS) is 15.6. The van der Waals surface area contributed by atoms with Gasteiger partial charge in [0.05, 0.1) is 42.7 Å². The number of benzene rings is 2. The molecule has 1 atom stereocenters. The molecule has 2 aromatic carbocycles. The summed E-state index contributed by atoms with van der Waals surface area (Å²) in [5.74, 6) is 0.770. The van der Waals surface area contributed by atoms with E-state index in [0.717, 1.165) is 11.1 Å². The predicted molar refractivity (Wildman–Crippen MR) is 126 cm³/mol. The monoisotopic (exact) mass is 464 g/mol. The number of allylic oxidation sites excluding steroid dienone is 1. The lowest BCUT2D eigenvalue weighted by molar-refractivity contribution is -0.139. The van der Waals surface area contributed by atoms with Crippen molar-refractivity contribution in [3.63, 3.8) is 0 Å². The number of carbonyl (C=O) groups excluding carboxylic acids is 1. The number of hydrogen-bond donors (Lipinski definition) is 0. The Morgan fingerprint density at radius 3 is 2.58 bits per heavy atom. The van der Waals surface area contributed by atoms with Gasteiger partial charge in [0, 0.05) is 11.6 Å². The Kier molecular flexibility index (Phi) is 6.46. The van der Waals surface area contributed by atoms with Gasteiger partial charge in [-0.2, -0.15) is 0 Å². The number of thiazole rings is 1. The van der Waals surface area contributed by atoms with Crippen molar-refractivity contribution < 1.29 is 19.0 Å². The first-order chi connectivity index (χ1) is 16.0. The number of carbonyl (C=O) groups is 1. The fourth-order valence-corrected chi connectivity index (χ4v) is 4.86. The summed E-state index contributed by atoms with van der Waals surface area (Å²) in [6.45, 7) is 3.76. The predicted octanol–water partition coefficient (Wildman–Crippen LogP) is 2.82. The zero-order valence-corrected chi connectivity index (χ0v) is 19.6. The second-order valence-corrected chi connectivity index (χ2v) is 8.33. The highest BCUT2D eigenvalue weighted by atomic mass is 32.1. The molecule has 0 bridgehead atoms. The Labute approximate surface area is 194 Å². The molecule has 4 rings (SSSR count). The first kappa shape index (κ1) is 22.5. The van der Waals surface area contributed by atoms with Gasteiger partial charge in [-0.1, -0.05) is 41.7 Å². The zero-order chi connectivity index (χ0) is 23.5. The molecule has 0 spiro atoms. The number of fused-ring (bicyclic) bond motifs is 1. The Morgan fingerprint density at radius 1 is 1.15 bits per heavy atom. The first-order valence-electron chi connectivity index (χ1n) is 10.4. The smallest absolute Gasteiger partial charge is 0.338 e. The van der Waals surface area contributed by atoms with Crippen molar-refractivity contribution in [2.24, 2.45) is 4.99 Å². The van der Waals surface area contributed by atoms with E-state index in [0.29, 0.717) is 32.1 Å². The first-order valence-corrected chi connectivity index (χ1v) is 11.3. The van der Waals surface area contributed by atoms with Crippen LogP contribution in [-0.4, -0.2) is 31.4 Å². The fraction of sp³-hybridized carbons (Fsp3) is 0.240. The molecule has 0 amide bonds. The molecule has 1 aliphatic heterocycles. The quantitative estimate of drug-likeness (QED) is 0.524. The molecule has 0 saturated heterocycles. The highest BCUT2D eigenvalue weighted by molar-refractivity contribution is 7.07. The molecule has 1 unspecified atom stereocenters. The van der Waals surface area contributed by atoms with Crippen molar-refractivity contribution >= 4 is 23.4 Å². The van der Waals surface area contributed by atoms with Crippen LogP contribution in [0.25, 0.3) is 6.08 Å². The number of nitrogens with zero attached hydrogens (tertiary/aromatic N) is 2. The molecule has 170 valence electrons. The van der Waals surface area contributed by atoms with Crippen LogP contribution in [0.4, 0.5) is 0 Å². The molecule has 2 heterocycles. The van der Waals surface area contributed by atoms with Crippen molar-refractivity contribution in [3.8, 4) is 11.5 Å². The van der Waals surface area contributed by atoms with Crippen LogP contribution >= 0.6 is 11.3 Å².